The lowest BCUT2D eigenvalue weighted by molar-refractivity contribution is -0.153. The van der Waals surface area contributed by atoms with Crippen LogP contribution in [-0.4, -0.2) is 25.2 Å². The number of rotatable bonds is 6. The normalized spacial score (nSPS) is 14.1. The Labute approximate surface area is 90.9 Å². The lowest BCUT2D eigenvalue weighted by atomic mass is 10.1. The zero-order valence-electron chi connectivity index (χ0n) is 9.91. The number of carbonyl (C=O) groups excluding carboxylic acids is 2. The summed E-state index contributed by atoms with van der Waals surface area (Å²) in [6, 6.07) is 0. The minimum atomic E-state index is -0.408. The third kappa shape index (κ3) is 6.94. The largest absolute Gasteiger partial charge is 0.469 e. The molecule has 0 saturated carbocycles. The highest BCUT2D eigenvalue weighted by atomic mass is 16.6. The van der Waals surface area contributed by atoms with Gasteiger partial charge in [-0.3, -0.25) is 9.59 Å². The number of esters is 2. The second-order valence-corrected chi connectivity index (χ2v) is 3.80. The van der Waals surface area contributed by atoms with Gasteiger partial charge in [0.1, 0.15) is 6.10 Å². The standard InChI is InChI=1S/C11H20O4/c1-5-8(2)6-11(13)15-9(3)7-10(12)14-4/h8-9H,5-7H2,1-4H3/t8-,9-/m1/s1. The fourth-order valence-electron chi connectivity index (χ4n) is 1.06. The van der Waals surface area contributed by atoms with Crippen molar-refractivity contribution in [3.8, 4) is 0 Å². The Morgan fingerprint density at radius 2 is 1.73 bits per heavy atom. The monoisotopic (exact) mass is 216 g/mol. The summed E-state index contributed by atoms with van der Waals surface area (Å²) < 4.78 is 9.53. The Hall–Kier alpha value is -1.06. The quantitative estimate of drug-likeness (QED) is 0.636. The highest BCUT2D eigenvalue weighted by Crippen LogP contribution is 2.09. The molecule has 0 aliphatic rings. The summed E-state index contributed by atoms with van der Waals surface area (Å²) in [5.74, 6) is -0.289. The molecule has 2 atom stereocenters. The van der Waals surface area contributed by atoms with Crippen molar-refractivity contribution in [2.45, 2.75) is 46.1 Å². The minimum absolute atomic E-state index is 0.114. The summed E-state index contributed by atoms with van der Waals surface area (Å²) in [6.07, 6.45) is 1.06. The summed E-state index contributed by atoms with van der Waals surface area (Å²) in [7, 11) is 1.32. The molecule has 0 unspecified atom stereocenters. The predicted molar refractivity (Wildman–Crippen MR) is 56.3 cm³/mol. The van der Waals surface area contributed by atoms with Crippen LogP contribution in [0.3, 0.4) is 0 Å². The molecular formula is C11H20O4. The van der Waals surface area contributed by atoms with Crippen LogP contribution in [0.1, 0.15) is 40.0 Å². The maximum atomic E-state index is 11.3. The van der Waals surface area contributed by atoms with Crippen molar-refractivity contribution >= 4 is 11.9 Å². The second-order valence-electron chi connectivity index (χ2n) is 3.80. The van der Waals surface area contributed by atoms with E-state index in [1.807, 2.05) is 13.8 Å². The van der Waals surface area contributed by atoms with Gasteiger partial charge in [0.05, 0.1) is 13.5 Å². The third-order valence-corrected chi connectivity index (χ3v) is 2.23. The Morgan fingerprint density at radius 3 is 2.20 bits per heavy atom. The van der Waals surface area contributed by atoms with E-state index in [2.05, 4.69) is 4.74 Å². The van der Waals surface area contributed by atoms with Gasteiger partial charge in [0, 0.05) is 6.42 Å². The lowest BCUT2D eigenvalue weighted by Crippen LogP contribution is -2.20. The molecule has 0 N–H and O–H groups in total. The smallest absolute Gasteiger partial charge is 0.309 e. The highest BCUT2D eigenvalue weighted by molar-refractivity contribution is 5.72. The molecule has 0 heterocycles. The Bertz CT molecular complexity index is 213. The van der Waals surface area contributed by atoms with Crippen molar-refractivity contribution in [3.05, 3.63) is 0 Å². The molecule has 4 nitrogen and oxygen atoms in total. The fraction of sp³-hybridized carbons (Fsp3) is 0.818. The van der Waals surface area contributed by atoms with Gasteiger partial charge in [-0.2, -0.15) is 0 Å². The van der Waals surface area contributed by atoms with Crippen LogP contribution in [-0.2, 0) is 19.1 Å². The molecule has 0 rings (SSSR count). The van der Waals surface area contributed by atoms with Crippen LogP contribution < -0.4 is 0 Å². The molecule has 15 heavy (non-hydrogen) atoms. The molecule has 0 bridgehead atoms. The van der Waals surface area contributed by atoms with E-state index < -0.39 is 6.10 Å². The second kappa shape index (κ2) is 7.26. The zero-order chi connectivity index (χ0) is 11.8. The lowest BCUT2D eigenvalue weighted by Gasteiger charge is -2.13. The van der Waals surface area contributed by atoms with Crippen LogP contribution in [0.4, 0.5) is 0 Å². The number of hydrogen-bond donors (Lipinski definition) is 0. The number of carbonyl (C=O) groups is 2. The van der Waals surface area contributed by atoms with Crippen molar-refractivity contribution in [2.75, 3.05) is 7.11 Å². The first-order chi connectivity index (χ1) is 6.99. The van der Waals surface area contributed by atoms with E-state index in [0.717, 1.165) is 6.42 Å². The van der Waals surface area contributed by atoms with E-state index in [9.17, 15) is 9.59 Å². The maximum absolute atomic E-state index is 11.3. The van der Waals surface area contributed by atoms with Crippen molar-refractivity contribution in [1.82, 2.24) is 0 Å². The molecule has 0 saturated heterocycles. The van der Waals surface area contributed by atoms with Gasteiger partial charge in [-0.1, -0.05) is 20.3 Å². The molecular weight excluding hydrogens is 196 g/mol. The maximum Gasteiger partial charge on any atom is 0.309 e. The van der Waals surface area contributed by atoms with E-state index in [-0.39, 0.29) is 18.4 Å². The van der Waals surface area contributed by atoms with Gasteiger partial charge in [0.2, 0.25) is 0 Å². The van der Waals surface area contributed by atoms with E-state index >= 15 is 0 Å². The van der Waals surface area contributed by atoms with Crippen molar-refractivity contribution in [2.24, 2.45) is 5.92 Å². The molecule has 0 aromatic rings. The first kappa shape index (κ1) is 13.9. The average molecular weight is 216 g/mol. The topological polar surface area (TPSA) is 52.6 Å². The van der Waals surface area contributed by atoms with E-state index in [0.29, 0.717) is 12.3 Å². The summed E-state index contributed by atoms with van der Waals surface area (Å²) in [6.45, 7) is 5.70. The SMILES string of the molecule is CC[C@@H](C)CC(=O)O[C@H](C)CC(=O)OC. The summed E-state index contributed by atoms with van der Waals surface area (Å²) in [5.41, 5.74) is 0. The fourth-order valence-corrected chi connectivity index (χ4v) is 1.06. The van der Waals surface area contributed by atoms with Crippen molar-refractivity contribution < 1.29 is 19.1 Å². The highest BCUT2D eigenvalue weighted by Gasteiger charge is 2.15. The molecule has 0 aromatic carbocycles. The van der Waals surface area contributed by atoms with Crippen LogP contribution in [0, 0.1) is 5.92 Å². The predicted octanol–water partition coefficient (Wildman–Crippen LogP) is 1.92. The molecule has 0 spiro atoms. The summed E-state index contributed by atoms with van der Waals surface area (Å²) in [5, 5.41) is 0. The molecule has 0 aliphatic carbocycles. The first-order valence-electron chi connectivity index (χ1n) is 5.25. The molecule has 4 heteroatoms. The van der Waals surface area contributed by atoms with Gasteiger partial charge >= 0.3 is 11.9 Å². The molecule has 0 fully saturated rings. The van der Waals surface area contributed by atoms with E-state index in [4.69, 9.17) is 4.74 Å². The van der Waals surface area contributed by atoms with Gasteiger partial charge in [-0.05, 0) is 12.8 Å². The van der Waals surface area contributed by atoms with Crippen LogP contribution in [0.5, 0.6) is 0 Å². The Morgan fingerprint density at radius 1 is 1.13 bits per heavy atom. The summed E-state index contributed by atoms with van der Waals surface area (Å²) in [4.78, 5) is 22.2. The number of ether oxygens (including phenoxy) is 2. The van der Waals surface area contributed by atoms with Gasteiger partial charge in [-0.25, -0.2) is 0 Å². The Kier molecular flexibility index (Phi) is 6.75. The van der Waals surface area contributed by atoms with E-state index in [1.54, 1.807) is 6.92 Å². The molecule has 0 amide bonds. The van der Waals surface area contributed by atoms with Crippen molar-refractivity contribution in [3.63, 3.8) is 0 Å². The third-order valence-electron chi connectivity index (χ3n) is 2.23. The molecule has 0 aliphatic heterocycles. The average Bonchev–Trinajstić information content (AvgIpc) is 2.16. The van der Waals surface area contributed by atoms with Crippen molar-refractivity contribution in [1.29, 1.82) is 0 Å². The minimum Gasteiger partial charge on any atom is -0.469 e. The van der Waals surface area contributed by atoms with Crippen LogP contribution in [0.15, 0.2) is 0 Å². The van der Waals surface area contributed by atoms with Gasteiger partial charge in [0.15, 0.2) is 0 Å². The van der Waals surface area contributed by atoms with Gasteiger partial charge in [-0.15, -0.1) is 0 Å². The van der Waals surface area contributed by atoms with Gasteiger partial charge < -0.3 is 9.47 Å². The molecule has 0 radical (unpaired) electrons. The zero-order valence-corrected chi connectivity index (χ0v) is 9.91. The molecule has 0 aromatic heterocycles. The number of hydrogen-bond acceptors (Lipinski definition) is 4. The van der Waals surface area contributed by atoms with Gasteiger partial charge in [0.25, 0.3) is 0 Å². The van der Waals surface area contributed by atoms with Crippen LogP contribution >= 0.6 is 0 Å². The van der Waals surface area contributed by atoms with Crippen LogP contribution in [0.25, 0.3) is 0 Å². The Balaban J connectivity index is 3.81. The molecule has 88 valence electrons. The summed E-state index contributed by atoms with van der Waals surface area (Å²) >= 11 is 0. The number of methoxy groups -OCH3 is 1. The first-order valence-corrected chi connectivity index (χ1v) is 5.25. The van der Waals surface area contributed by atoms with Crippen LogP contribution in [0.2, 0.25) is 0 Å². The van der Waals surface area contributed by atoms with E-state index in [1.165, 1.54) is 7.11 Å².